The van der Waals surface area contributed by atoms with Crippen LogP contribution in [0.25, 0.3) is 0 Å². The lowest BCUT2D eigenvalue weighted by molar-refractivity contribution is 0.101. The number of hydrogen-bond acceptors (Lipinski definition) is 7. The largest absolute Gasteiger partial charge is 0.377 e. The summed E-state index contributed by atoms with van der Waals surface area (Å²) < 4.78 is 0. The first-order valence-corrected chi connectivity index (χ1v) is 10.5. The van der Waals surface area contributed by atoms with Crippen molar-refractivity contribution < 1.29 is 9.59 Å². The van der Waals surface area contributed by atoms with Crippen molar-refractivity contribution in [2.75, 3.05) is 40.7 Å². The van der Waals surface area contributed by atoms with Crippen LogP contribution in [0.4, 0.5) is 33.6 Å². The molecule has 156 valence electrons. The van der Waals surface area contributed by atoms with E-state index in [4.69, 9.17) is 4.98 Å². The number of rotatable bonds is 4. The van der Waals surface area contributed by atoms with E-state index in [1.807, 2.05) is 25.1 Å². The maximum atomic E-state index is 12.9. The molecule has 5 rings (SSSR count). The van der Waals surface area contributed by atoms with Crippen molar-refractivity contribution in [3.63, 3.8) is 0 Å². The first kappa shape index (κ1) is 18.7. The highest BCUT2D eigenvalue weighted by Gasteiger charge is 2.39. The minimum atomic E-state index is -0.0640. The molecule has 0 atom stereocenters. The van der Waals surface area contributed by atoms with E-state index in [1.54, 1.807) is 23.2 Å². The highest BCUT2D eigenvalue weighted by atomic mass is 16.2. The van der Waals surface area contributed by atoms with E-state index in [2.05, 4.69) is 20.6 Å². The van der Waals surface area contributed by atoms with Crippen LogP contribution >= 0.6 is 0 Å². The Bertz CT molecular complexity index is 1020. The SMILES string of the molecule is CCN1C(=O)N(C)c2cnc(Nc3ccc4c(c3)C(=O)CN4)nc2N1C1CCCC1. The lowest BCUT2D eigenvalue weighted by atomic mass is 10.1. The second-order valence-electron chi connectivity index (χ2n) is 7.90. The van der Waals surface area contributed by atoms with Crippen molar-refractivity contribution in [1.29, 1.82) is 0 Å². The highest BCUT2D eigenvalue weighted by molar-refractivity contribution is 6.08. The van der Waals surface area contributed by atoms with E-state index in [9.17, 15) is 9.59 Å². The molecule has 30 heavy (non-hydrogen) atoms. The molecule has 0 unspecified atom stereocenters. The van der Waals surface area contributed by atoms with Gasteiger partial charge in [-0.15, -0.1) is 0 Å². The number of Topliss-reactive ketones (excluding diaryl/α,β-unsaturated/α-hetero) is 1. The van der Waals surface area contributed by atoms with Gasteiger partial charge in [-0.25, -0.2) is 14.8 Å². The molecular formula is C21H25N7O2. The van der Waals surface area contributed by atoms with Crippen LogP contribution in [-0.4, -0.2) is 53.0 Å². The summed E-state index contributed by atoms with van der Waals surface area (Å²) in [6.45, 7) is 2.89. The quantitative estimate of drug-likeness (QED) is 0.802. The molecule has 2 aliphatic heterocycles. The summed E-state index contributed by atoms with van der Waals surface area (Å²) in [4.78, 5) is 35.8. The number of carbonyl (C=O) groups excluding carboxylic acids is 2. The lowest BCUT2D eigenvalue weighted by Crippen LogP contribution is -2.59. The summed E-state index contributed by atoms with van der Waals surface area (Å²) in [6, 6.07) is 5.80. The van der Waals surface area contributed by atoms with E-state index >= 15 is 0 Å². The molecule has 1 aromatic carbocycles. The minimum Gasteiger partial charge on any atom is -0.377 e. The maximum Gasteiger partial charge on any atom is 0.343 e. The number of ketones is 1. The predicted octanol–water partition coefficient (Wildman–Crippen LogP) is 3.38. The maximum absolute atomic E-state index is 12.9. The third kappa shape index (κ3) is 2.92. The number of aromatic nitrogens is 2. The number of hydrazine groups is 1. The smallest absolute Gasteiger partial charge is 0.343 e. The van der Waals surface area contributed by atoms with E-state index in [-0.39, 0.29) is 17.9 Å². The minimum absolute atomic E-state index is 0.0640. The van der Waals surface area contributed by atoms with Gasteiger partial charge < -0.3 is 10.6 Å². The van der Waals surface area contributed by atoms with Crippen LogP contribution in [-0.2, 0) is 0 Å². The molecule has 2 amide bonds. The molecular weight excluding hydrogens is 382 g/mol. The molecule has 9 nitrogen and oxygen atoms in total. The van der Waals surface area contributed by atoms with E-state index < -0.39 is 0 Å². The van der Waals surface area contributed by atoms with Gasteiger partial charge in [-0.2, -0.15) is 4.98 Å². The fourth-order valence-electron chi connectivity index (χ4n) is 4.53. The molecule has 0 bridgehead atoms. The number of amides is 2. The predicted molar refractivity (Wildman–Crippen MR) is 115 cm³/mol. The number of benzene rings is 1. The number of nitrogens with one attached hydrogen (secondary N) is 2. The fraction of sp³-hybridized carbons (Fsp3) is 0.429. The average Bonchev–Trinajstić information content (AvgIpc) is 3.41. The molecule has 2 aromatic rings. The van der Waals surface area contributed by atoms with E-state index in [1.165, 1.54) is 0 Å². The van der Waals surface area contributed by atoms with Gasteiger partial charge >= 0.3 is 6.03 Å². The summed E-state index contributed by atoms with van der Waals surface area (Å²) >= 11 is 0. The van der Waals surface area contributed by atoms with Gasteiger partial charge in [0.05, 0.1) is 18.8 Å². The summed E-state index contributed by atoms with van der Waals surface area (Å²) in [5.41, 5.74) is 2.98. The Balaban J connectivity index is 1.51. The molecule has 3 heterocycles. The Morgan fingerprint density at radius 1 is 1.23 bits per heavy atom. The molecule has 0 saturated heterocycles. The van der Waals surface area contributed by atoms with Crippen LogP contribution < -0.4 is 20.5 Å². The summed E-state index contributed by atoms with van der Waals surface area (Å²) in [5, 5.41) is 10.1. The van der Waals surface area contributed by atoms with Gasteiger partial charge in [0.1, 0.15) is 5.69 Å². The zero-order valence-corrected chi connectivity index (χ0v) is 17.2. The number of carbonyl (C=O) groups is 2. The topological polar surface area (TPSA) is 93.7 Å². The summed E-state index contributed by atoms with van der Waals surface area (Å²) in [6.07, 6.45) is 6.09. The van der Waals surface area contributed by atoms with Gasteiger partial charge in [-0.05, 0) is 38.0 Å². The summed E-state index contributed by atoms with van der Waals surface area (Å²) in [7, 11) is 1.76. The Morgan fingerprint density at radius 3 is 2.80 bits per heavy atom. The standard InChI is InChI=1S/C21H25N7O2/c1-3-27-21(30)26(2)17-11-23-20(25-19(17)28(27)14-6-4-5-7-14)24-13-8-9-16-15(10-13)18(29)12-22-16/h8-11,14,22H,3-7,12H2,1-2H3,(H,23,24,25). The zero-order valence-electron chi connectivity index (χ0n) is 17.2. The van der Waals surface area contributed by atoms with Crippen LogP contribution in [0.3, 0.4) is 0 Å². The number of nitrogens with zero attached hydrogens (tertiary/aromatic N) is 5. The normalized spacial score (nSPS) is 18.5. The molecule has 0 radical (unpaired) electrons. The number of hydrogen-bond donors (Lipinski definition) is 2. The number of anilines is 5. The van der Waals surface area contributed by atoms with E-state index in [0.29, 0.717) is 30.3 Å². The second kappa shape index (κ2) is 7.16. The van der Waals surface area contributed by atoms with Crippen molar-refractivity contribution in [3.8, 4) is 0 Å². The molecule has 1 saturated carbocycles. The first-order chi connectivity index (χ1) is 14.6. The molecule has 0 spiro atoms. The van der Waals surface area contributed by atoms with Crippen molar-refractivity contribution in [3.05, 3.63) is 30.0 Å². The zero-order chi connectivity index (χ0) is 20.8. The molecule has 3 aliphatic rings. The number of urea groups is 1. The highest BCUT2D eigenvalue weighted by Crippen LogP contribution is 2.39. The van der Waals surface area contributed by atoms with Crippen molar-refractivity contribution in [1.82, 2.24) is 15.0 Å². The van der Waals surface area contributed by atoms with Crippen molar-refractivity contribution >= 4 is 40.6 Å². The Morgan fingerprint density at radius 2 is 2.03 bits per heavy atom. The van der Waals surface area contributed by atoms with Gasteiger partial charge in [-0.3, -0.25) is 14.7 Å². The van der Waals surface area contributed by atoms with Gasteiger partial charge in [0, 0.05) is 30.5 Å². The first-order valence-electron chi connectivity index (χ1n) is 10.5. The van der Waals surface area contributed by atoms with Crippen molar-refractivity contribution in [2.45, 2.75) is 38.6 Å². The number of fused-ring (bicyclic) bond motifs is 2. The van der Waals surface area contributed by atoms with Crippen LogP contribution in [0.1, 0.15) is 43.0 Å². The Kier molecular flexibility index (Phi) is 4.45. The molecule has 1 aromatic heterocycles. The third-order valence-electron chi connectivity index (χ3n) is 6.08. The monoisotopic (exact) mass is 407 g/mol. The van der Waals surface area contributed by atoms with Crippen LogP contribution in [0.5, 0.6) is 0 Å². The Hall–Kier alpha value is -3.36. The van der Waals surface area contributed by atoms with Crippen LogP contribution in [0.15, 0.2) is 24.4 Å². The van der Waals surface area contributed by atoms with Gasteiger partial charge in [-0.1, -0.05) is 12.8 Å². The third-order valence-corrected chi connectivity index (χ3v) is 6.08. The van der Waals surface area contributed by atoms with E-state index in [0.717, 1.165) is 42.9 Å². The van der Waals surface area contributed by atoms with Crippen LogP contribution in [0, 0.1) is 0 Å². The Labute approximate surface area is 175 Å². The fourth-order valence-corrected chi connectivity index (χ4v) is 4.53. The average molecular weight is 407 g/mol. The van der Waals surface area contributed by atoms with Gasteiger partial charge in [0.25, 0.3) is 0 Å². The van der Waals surface area contributed by atoms with Gasteiger partial charge in [0.2, 0.25) is 5.95 Å². The summed E-state index contributed by atoms with van der Waals surface area (Å²) in [5.74, 6) is 1.25. The molecule has 2 N–H and O–H groups in total. The molecule has 1 aliphatic carbocycles. The van der Waals surface area contributed by atoms with Crippen molar-refractivity contribution in [2.24, 2.45) is 0 Å². The molecule has 9 heteroatoms. The van der Waals surface area contributed by atoms with Crippen LogP contribution in [0.2, 0.25) is 0 Å². The van der Waals surface area contributed by atoms with Gasteiger partial charge in [0.15, 0.2) is 11.6 Å². The second-order valence-corrected chi connectivity index (χ2v) is 7.90. The molecule has 1 fully saturated rings. The lowest BCUT2D eigenvalue weighted by Gasteiger charge is -2.45.